The van der Waals surface area contributed by atoms with Gasteiger partial charge in [0.15, 0.2) is 0 Å². The summed E-state index contributed by atoms with van der Waals surface area (Å²) < 4.78 is 12.6. The summed E-state index contributed by atoms with van der Waals surface area (Å²) >= 11 is 0. The zero-order chi connectivity index (χ0) is 36.3. The largest absolute Gasteiger partial charge is 0.456 e. The molecule has 2 aromatic heterocycles. The molecular weight excluding hydrogens is 671 g/mol. The standard InChI is InChI=1S/C52H33NO2/c1-2-11-34(12-3-1)35-23-27-40(28-24-35)53(41-16-8-14-37(31-41)38-25-29-45-44-18-4-6-21-47(44)55-50(45)33-38)42-17-9-15-39(32-42)43-20-10-13-36-26-30-49-52(51(36)43)46-19-5-7-22-48(46)54-49/h1-33H. The van der Waals surface area contributed by atoms with Crippen LogP contribution in [0.3, 0.4) is 0 Å². The van der Waals surface area contributed by atoms with Crippen molar-refractivity contribution in [2.24, 2.45) is 0 Å². The van der Waals surface area contributed by atoms with Gasteiger partial charge in [0, 0.05) is 44.0 Å². The number of furan rings is 2. The van der Waals surface area contributed by atoms with E-state index in [-0.39, 0.29) is 0 Å². The second kappa shape index (κ2) is 12.6. The molecule has 0 atom stereocenters. The van der Waals surface area contributed by atoms with Crippen LogP contribution in [0.25, 0.3) is 88.0 Å². The summed E-state index contributed by atoms with van der Waals surface area (Å²) in [4.78, 5) is 2.36. The number of rotatable bonds is 6. The van der Waals surface area contributed by atoms with E-state index in [0.29, 0.717) is 0 Å². The van der Waals surface area contributed by atoms with E-state index in [1.807, 2.05) is 24.3 Å². The van der Waals surface area contributed by atoms with Crippen LogP contribution in [-0.4, -0.2) is 0 Å². The van der Waals surface area contributed by atoms with Crippen molar-refractivity contribution in [3.63, 3.8) is 0 Å². The fourth-order valence-electron chi connectivity index (χ4n) is 8.26. The number of para-hydroxylation sites is 2. The highest BCUT2D eigenvalue weighted by Gasteiger charge is 2.18. The normalized spacial score (nSPS) is 11.6. The molecule has 0 unspecified atom stereocenters. The summed E-state index contributed by atoms with van der Waals surface area (Å²) in [6.07, 6.45) is 0. The third-order valence-electron chi connectivity index (χ3n) is 10.8. The molecular formula is C52H33NO2. The van der Waals surface area contributed by atoms with E-state index in [9.17, 15) is 0 Å². The zero-order valence-corrected chi connectivity index (χ0v) is 29.8. The van der Waals surface area contributed by atoms with E-state index < -0.39 is 0 Å². The van der Waals surface area contributed by atoms with E-state index in [2.05, 4.69) is 181 Å². The van der Waals surface area contributed by atoms with Crippen LogP contribution < -0.4 is 4.90 Å². The Morgan fingerprint density at radius 3 is 1.69 bits per heavy atom. The molecule has 258 valence electrons. The zero-order valence-electron chi connectivity index (χ0n) is 29.8. The topological polar surface area (TPSA) is 29.5 Å². The Kier molecular flexibility index (Phi) is 7.17. The van der Waals surface area contributed by atoms with Crippen LogP contribution in [0.2, 0.25) is 0 Å². The van der Waals surface area contributed by atoms with Crippen molar-refractivity contribution in [1.29, 1.82) is 0 Å². The highest BCUT2D eigenvalue weighted by atomic mass is 16.3. The molecule has 3 nitrogen and oxygen atoms in total. The number of anilines is 3. The molecule has 0 aliphatic carbocycles. The molecule has 55 heavy (non-hydrogen) atoms. The molecule has 2 heterocycles. The first-order valence-corrected chi connectivity index (χ1v) is 18.7. The minimum Gasteiger partial charge on any atom is -0.456 e. The maximum atomic E-state index is 6.34. The molecule has 0 radical (unpaired) electrons. The Labute approximate surface area is 317 Å². The lowest BCUT2D eigenvalue weighted by Gasteiger charge is -2.27. The third-order valence-corrected chi connectivity index (χ3v) is 10.8. The molecule has 0 spiro atoms. The SMILES string of the molecule is c1ccc(-c2ccc(N(c3cccc(-c4ccc5c(c4)oc4ccccc45)c3)c3cccc(-c4cccc5ccc6oc7ccccc7c6c45)c3)cc2)cc1. The van der Waals surface area contributed by atoms with Gasteiger partial charge in [0.2, 0.25) is 0 Å². The molecule has 0 fully saturated rings. The van der Waals surface area contributed by atoms with Crippen molar-refractivity contribution < 1.29 is 8.83 Å². The van der Waals surface area contributed by atoms with Crippen LogP contribution in [-0.2, 0) is 0 Å². The minimum atomic E-state index is 0.889. The highest BCUT2D eigenvalue weighted by Crippen LogP contribution is 2.43. The average molecular weight is 704 g/mol. The van der Waals surface area contributed by atoms with Crippen molar-refractivity contribution in [3.8, 4) is 33.4 Å². The second-order valence-corrected chi connectivity index (χ2v) is 14.1. The van der Waals surface area contributed by atoms with Gasteiger partial charge < -0.3 is 13.7 Å². The Balaban J connectivity index is 1.07. The van der Waals surface area contributed by atoms with Crippen molar-refractivity contribution >= 4 is 71.7 Å². The minimum absolute atomic E-state index is 0.889. The lowest BCUT2D eigenvalue weighted by molar-refractivity contribution is 0.669. The van der Waals surface area contributed by atoms with Crippen molar-refractivity contribution in [2.45, 2.75) is 0 Å². The fourth-order valence-corrected chi connectivity index (χ4v) is 8.26. The lowest BCUT2D eigenvalue weighted by Crippen LogP contribution is -2.10. The third kappa shape index (κ3) is 5.28. The van der Waals surface area contributed by atoms with Gasteiger partial charge in [-0.2, -0.15) is 0 Å². The molecule has 0 aliphatic rings. The number of fused-ring (bicyclic) bond motifs is 8. The summed E-state index contributed by atoms with van der Waals surface area (Å²) in [7, 11) is 0. The van der Waals surface area contributed by atoms with Crippen LogP contribution >= 0.6 is 0 Å². The molecule has 3 heteroatoms. The Bertz CT molecular complexity index is 3210. The summed E-state index contributed by atoms with van der Waals surface area (Å²) in [5, 5.41) is 6.92. The predicted octanol–water partition coefficient (Wildman–Crippen LogP) is 15.1. The van der Waals surface area contributed by atoms with Crippen LogP contribution in [0.1, 0.15) is 0 Å². The van der Waals surface area contributed by atoms with E-state index in [1.54, 1.807) is 0 Å². The summed E-state index contributed by atoms with van der Waals surface area (Å²) in [6.45, 7) is 0. The molecule has 0 amide bonds. The Morgan fingerprint density at radius 1 is 0.291 bits per heavy atom. The summed E-state index contributed by atoms with van der Waals surface area (Å²) in [5.41, 5.74) is 13.7. The lowest BCUT2D eigenvalue weighted by atomic mass is 9.94. The quantitative estimate of drug-likeness (QED) is 0.173. The molecule has 9 aromatic carbocycles. The molecule has 0 aliphatic heterocycles. The van der Waals surface area contributed by atoms with Gasteiger partial charge in [-0.1, -0.05) is 133 Å². The van der Waals surface area contributed by atoms with Crippen LogP contribution in [0.5, 0.6) is 0 Å². The molecule has 0 saturated carbocycles. The van der Waals surface area contributed by atoms with Gasteiger partial charge >= 0.3 is 0 Å². The number of nitrogens with zero attached hydrogens (tertiary/aromatic N) is 1. The first kappa shape index (κ1) is 31.2. The maximum absolute atomic E-state index is 6.34. The fraction of sp³-hybridized carbons (Fsp3) is 0. The number of hydrogen-bond donors (Lipinski definition) is 0. The van der Waals surface area contributed by atoms with E-state index in [1.165, 1.54) is 27.5 Å². The van der Waals surface area contributed by atoms with Crippen LogP contribution in [0, 0.1) is 0 Å². The Hall–Kier alpha value is -7.36. The van der Waals surface area contributed by atoms with Gasteiger partial charge in [-0.25, -0.2) is 0 Å². The van der Waals surface area contributed by atoms with Crippen molar-refractivity contribution in [1.82, 2.24) is 0 Å². The van der Waals surface area contributed by atoms with Crippen molar-refractivity contribution in [3.05, 3.63) is 200 Å². The average Bonchev–Trinajstić information content (AvgIpc) is 3.83. The number of hydrogen-bond acceptors (Lipinski definition) is 3. The first-order chi connectivity index (χ1) is 27.2. The predicted molar refractivity (Wildman–Crippen MR) is 229 cm³/mol. The summed E-state index contributed by atoms with van der Waals surface area (Å²) in [5.74, 6) is 0. The van der Waals surface area contributed by atoms with Crippen LogP contribution in [0.4, 0.5) is 17.1 Å². The van der Waals surface area contributed by atoms with E-state index in [4.69, 9.17) is 8.83 Å². The molecule has 0 bridgehead atoms. The summed E-state index contributed by atoms with van der Waals surface area (Å²) in [6, 6.07) is 71.1. The molecule has 11 rings (SSSR count). The molecule has 0 N–H and O–H groups in total. The monoisotopic (exact) mass is 703 g/mol. The highest BCUT2D eigenvalue weighted by molar-refractivity contribution is 6.23. The number of benzene rings is 9. The molecule has 11 aromatic rings. The smallest absolute Gasteiger partial charge is 0.136 e. The Morgan fingerprint density at radius 2 is 0.873 bits per heavy atom. The van der Waals surface area contributed by atoms with Gasteiger partial charge in [-0.15, -0.1) is 0 Å². The van der Waals surface area contributed by atoms with E-state index in [0.717, 1.165) is 77.6 Å². The van der Waals surface area contributed by atoms with Gasteiger partial charge in [-0.05, 0) is 105 Å². The van der Waals surface area contributed by atoms with E-state index >= 15 is 0 Å². The van der Waals surface area contributed by atoms with Gasteiger partial charge in [0.25, 0.3) is 0 Å². The van der Waals surface area contributed by atoms with Gasteiger partial charge in [0.1, 0.15) is 22.3 Å². The van der Waals surface area contributed by atoms with Gasteiger partial charge in [-0.3, -0.25) is 0 Å². The van der Waals surface area contributed by atoms with Crippen LogP contribution in [0.15, 0.2) is 209 Å². The first-order valence-electron chi connectivity index (χ1n) is 18.7. The van der Waals surface area contributed by atoms with Crippen molar-refractivity contribution in [2.75, 3.05) is 4.90 Å². The molecule has 0 saturated heterocycles. The van der Waals surface area contributed by atoms with Gasteiger partial charge in [0.05, 0.1) is 0 Å². The second-order valence-electron chi connectivity index (χ2n) is 14.1. The maximum Gasteiger partial charge on any atom is 0.136 e.